The zero-order valence-corrected chi connectivity index (χ0v) is 11.1. The maximum Gasteiger partial charge on any atom is 0.234 e. The number of rotatable bonds is 4. The van der Waals surface area contributed by atoms with Crippen LogP contribution in [0.4, 0.5) is 5.69 Å². The number of nitrogens with zero attached hydrogens (tertiary/aromatic N) is 1. The standard InChI is InChI=1S/C13H12N2O3S/c1-9(16)19-7-13(17)15-11-4-2-10(3-5-11)12-6-14-8-18-12/h2-6,8H,7H2,1H3,(H,15,17). The van der Waals surface area contributed by atoms with Crippen LogP contribution in [0.2, 0.25) is 0 Å². The Hall–Kier alpha value is -2.08. The number of carbonyl (C=O) groups is 2. The summed E-state index contributed by atoms with van der Waals surface area (Å²) in [6, 6.07) is 7.20. The lowest BCUT2D eigenvalue weighted by atomic mass is 10.2. The van der Waals surface area contributed by atoms with Crippen LogP contribution in [0, 0.1) is 0 Å². The number of anilines is 1. The maximum absolute atomic E-state index is 11.5. The van der Waals surface area contributed by atoms with Gasteiger partial charge in [0.05, 0.1) is 11.9 Å². The first kappa shape index (κ1) is 13.4. The van der Waals surface area contributed by atoms with Crippen molar-refractivity contribution in [2.75, 3.05) is 11.1 Å². The SMILES string of the molecule is CC(=O)SCC(=O)Nc1ccc(-c2cnco2)cc1. The molecule has 0 aliphatic heterocycles. The van der Waals surface area contributed by atoms with E-state index in [1.54, 1.807) is 18.3 Å². The summed E-state index contributed by atoms with van der Waals surface area (Å²) in [7, 11) is 0. The lowest BCUT2D eigenvalue weighted by Crippen LogP contribution is -2.14. The van der Waals surface area contributed by atoms with Crippen LogP contribution in [0.15, 0.2) is 41.3 Å². The zero-order chi connectivity index (χ0) is 13.7. The molecule has 2 rings (SSSR count). The van der Waals surface area contributed by atoms with Gasteiger partial charge in [-0.15, -0.1) is 0 Å². The van der Waals surface area contributed by atoms with Gasteiger partial charge in [0.1, 0.15) is 0 Å². The second-order valence-corrected chi connectivity index (χ2v) is 4.92. The van der Waals surface area contributed by atoms with E-state index in [0.29, 0.717) is 11.4 Å². The second-order valence-electron chi connectivity index (χ2n) is 3.77. The number of hydrogen-bond donors (Lipinski definition) is 1. The minimum Gasteiger partial charge on any atom is -0.444 e. The minimum absolute atomic E-state index is 0.0733. The Balaban J connectivity index is 1.95. The smallest absolute Gasteiger partial charge is 0.234 e. The van der Waals surface area contributed by atoms with E-state index in [9.17, 15) is 9.59 Å². The summed E-state index contributed by atoms with van der Waals surface area (Å²) in [5.41, 5.74) is 1.56. The van der Waals surface area contributed by atoms with E-state index in [1.165, 1.54) is 13.3 Å². The summed E-state index contributed by atoms with van der Waals surface area (Å²) in [6.45, 7) is 1.43. The summed E-state index contributed by atoms with van der Waals surface area (Å²) in [5, 5.41) is 2.64. The molecule has 0 unspecified atom stereocenters. The highest BCUT2D eigenvalue weighted by Crippen LogP contribution is 2.20. The molecule has 1 aromatic heterocycles. The molecule has 1 heterocycles. The molecule has 2 aromatic rings. The lowest BCUT2D eigenvalue weighted by Gasteiger charge is -2.04. The molecule has 0 spiro atoms. The van der Waals surface area contributed by atoms with Crippen molar-refractivity contribution in [1.82, 2.24) is 4.98 Å². The Morgan fingerprint density at radius 2 is 2.05 bits per heavy atom. The normalized spacial score (nSPS) is 10.2. The number of nitrogens with one attached hydrogen (secondary N) is 1. The Morgan fingerprint density at radius 3 is 2.63 bits per heavy atom. The van der Waals surface area contributed by atoms with Gasteiger partial charge >= 0.3 is 0 Å². The molecule has 0 saturated carbocycles. The van der Waals surface area contributed by atoms with Gasteiger partial charge < -0.3 is 9.73 Å². The Labute approximate surface area is 114 Å². The number of oxazole rings is 1. The highest BCUT2D eigenvalue weighted by atomic mass is 32.2. The van der Waals surface area contributed by atoms with Crippen LogP contribution in [0.25, 0.3) is 11.3 Å². The average molecular weight is 276 g/mol. The molecule has 0 radical (unpaired) electrons. The van der Waals surface area contributed by atoms with Crippen LogP contribution in [0.5, 0.6) is 0 Å². The molecule has 19 heavy (non-hydrogen) atoms. The minimum atomic E-state index is -0.201. The molecular weight excluding hydrogens is 264 g/mol. The summed E-state index contributed by atoms with van der Waals surface area (Å²) in [4.78, 5) is 26.1. The van der Waals surface area contributed by atoms with Crippen molar-refractivity contribution in [2.24, 2.45) is 0 Å². The number of benzene rings is 1. The van der Waals surface area contributed by atoms with Crippen molar-refractivity contribution < 1.29 is 14.0 Å². The fraction of sp³-hybridized carbons (Fsp3) is 0.154. The number of amides is 1. The second kappa shape index (κ2) is 6.19. The molecule has 1 amide bonds. The largest absolute Gasteiger partial charge is 0.444 e. The monoisotopic (exact) mass is 276 g/mol. The number of aromatic nitrogens is 1. The predicted molar refractivity (Wildman–Crippen MR) is 73.7 cm³/mol. The third-order valence-corrected chi connectivity index (χ3v) is 3.11. The molecule has 1 N–H and O–H groups in total. The molecular formula is C13H12N2O3S. The molecule has 0 saturated heterocycles. The van der Waals surface area contributed by atoms with E-state index in [1.807, 2.05) is 12.1 Å². The quantitative estimate of drug-likeness (QED) is 0.929. The summed E-state index contributed by atoms with van der Waals surface area (Å²) in [5.74, 6) is 0.594. The van der Waals surface area contributed by atoms with Crippen molar-refractivity contribution in [1.29, 1.82) is 0 Å². The first-order valence-corrected chi connectivity index (χ1v) is 6.56. The molecule has 0 fully saturated rings. The summed E-state index contributed by atoms with van der Waals surface area (Å²) >= 11 is 0.986. The molecule has 0 aliphatic carbocycles. The van der Waals surface area contributed by atoms with Gasteiger partial charge in [-0.1, -0.05) is 11.8 Å². The fourth-order valence-electron chi connectivity index (χ4n) is 1.44. The average Bonchev–Trinajstić information content (AvgIpc) is 2.91. The molecule has 6 heteroatoms. The van der Waals surface area contributed by atoms with Crippen LogP contribution in [-0.4, -0.2) is 21.8 Å². The molecule has 1 aromatic carbocycles. The summed E-state index contributed by atoms with van der Waals surface area (Å²) in [6.07, 6.45) is 2.99. The highest BCUT2D eigenvalue weighted by Gasteiger charge is 2.05. The molecule has 0 atom stereocenters. The van der Waals surface area contributed by atoms with Gasteiger partial charge in [-0.05, 0) is 24.3 Å². The first-order valence-electron chi connectivity index (χ1n) is 5.57. The third-order valence-electron chi connectivity index (χ3n) is 2.29. The topological polar surface area (TPSA) is 72.2 Å². The van der Waals surface area contributed by atoms with Crippen molar-refractivity contribution in [2.45, 2.75) is 6.92 Å². The molecule has 5 nitrogen and oxygen atoms in total. The van der Waals surface area contributed by atoms with Crippen LogP contribution in [-0.2, 0) is 9.59 Å². The van der Waals surface area contributed by atoms with Gasteiger partial charge in [0.15, 0.2) is 17.3 Å². The Kier molecular flexibility index (Phi) is 4.35. The fourth-order valence-corrected chi connectivity index (χ4v) is 1.85. The van der Waals surface area contributed by atoms with Crippen molar-refractivity contribution in [3.63, 3.8) is 0 Å². The lowest BCUT2D eigenvalue weighted by molar-refractivity contribution is -0.114. The number of thioether (sulfide) groups is 1. The van der Waals surface area contributed by atoms with Crippen LogP contribution in [0.1, 0.15) is 6.92 Å². The highest BCUT2D eigenvalue weighted by molar-refractivity contribution is 8.14. The molecule has 98 valence electrons. The van der Waals surface area contributed by atoms with E-state index in [4.69, 9.17) is 4.42 Å². The van der Waals surface area contributed by atoms with Gasteiger partial charge in [0.2, 0.25) is 5.91 Å². The van der Waals surface area contributed by atoms with Crippen LogP contribution >= 0.6 is 11.8 Å². The van der Waals surface area contributed by atoms with Crippen molar-refractivity contribution >= 4 is 28.5 Å². The zero-order valence-electron chi connectivity index (χ0n) is 10.3. The van der Waals surface area contributed by atoms with Gasteiger partial charge in [0, 0.05) is 18.2 Å². The predicted octanol–water partition coefficient (Wildman–Crippen LogP) is 2.56. The van der Waals surface area contributed by atoms with E-state index in [2.05, 4.69) is 10.3 Å². The molecule has 0 bridgehead atoms. The molecule has 0 aliphatic rings. The van der Waals surface area contributed by atoms with Crippen molar-refractivity contribution in [3.8, 4) is 11.3 Å². The van der Waals surface area contributed by atoms with Gasteiger partial charge in [-0.3, -0.25) is 9.59 Å². The van der Waals surface area contributed by atoms with E-state index < -0.39 is 0 Å². The Bertz CT molecular complexity index is 564. The first-order chi connectivity index (χ1) is 9.15. The van der Waals surface area contributed by atoms with Gasteiger partial charge in [0.25, 0.3) is 0 Å². The number of carbonyl (C=O) groups excluding carboxylic acids is 2. The Morgan fingerprint density at radius 1 is 1.32 bits per heavy atom. The van der Waals surface area contributed by atoms with Crippen LogP contribution in [0.3, 0.4) is 0 Å². The maximum atomic E-state index is 11.5. The van der Waals surface area contributed by atoms with E-state index in [0.717, 1.165) is 17.3 Å². The third kappa shape index (κ3) is 3.96. The van der Waals surface area contributed by atoms with Crippen molar-refractivity contribution in [3.05, 3.63) is 36.9 Å². The van der Waals surface area contributed by atoms with Crippen LogP contribution < -0.4 is 5.32 Å². The van der Waals surface area contributed by atoms with E-state index >= 15 is 0 Å². The van der Waals surface area contributed by atoms with Gasteiger partial charge in [-0.2, -0.15) is 0 Å². The summed E-state index contributed by atoms with van der Waals surface area (Å²) < 4.78 is 5.17. The number of hydrogen-bond acceptors (Lipinski definition) is 5. The van der Waals surface area contributed by atoms with E-state index in [-0.39, 0.29) is 16.8 Å². The van der Waals surface area contributed by atoms with Gasteiger partial charge in [-0.25, -0.2) is 4.98 Å².